The van der Waals surface area contributed by atoms with Crippen molar-refractivity contribution in [2.75, 3.05) is 0 Å². The minimum atomic E-state index is -0.0756. The monoisotopic (exact) mass is 244 g/mol. The number of carbonyl (C=O) groups excluding carboxylic acids is 1. The maximum Gasteiger partial charge on any atom is 0.168 e. The number of ketones is 1. The van der Waals surface area contributed by atoms with Gasteiger partial charge in [-0.05, 0) is 62.8 Å². The number of rotatable bonds is 4. The number of carbonyl (C=O) groups is 1. The van der Waals surface area contributed by atoms with Gasteiger partial charge in [-0.15, -0.1) is 0 Å². The first-order valence-electron chi connectivity index (χ1n) is 6.99. The van der Waals surface area contributed by atoms with Crippen LogP contribution in [0.25, 0.3) is 0 Å². The van der Waals surface area contributed by atoms with Gasteiger partial charge in [0.2, 0.25) is 0 Å². The quantitative estimate of drug-likeness (QED) is 0.748. The first kappa shape index (κ1) is 11.8. The van der Waals surface area contributed by atoms with E-state index in [1.807, 2.05) is 24.3 Å². The molecule has 0 heterocycles. The van der Waals surface area contributed by atoms with Gasteiger partial charge in [-0.2, -0.15) is 0 Å². The fourth-order valence-corrected chi connectivity index (χ4v) is 2.65. The zero-order chi connectivity index (χ0) is 12.6. The van der Waals surface area contributed by atoms with Crippen LogP contribution in [0.2, 0.25) is 0 Å². The molecule has 1 aromatic rings. The van der Waals surface area contributed by atoms with Gasteiger partial charge in [0.1, 0.15) is 5.75 Å². The minimum Gasteiger partial charge on any atom is -0.490 e. The molecule has 2 fully saturated rings. The Morgan fingerprint density at radius 3 is 2.33 bits per heavy atom. The summed E-state index contributed by atoms with van der Waals surface area (Å²) in [6.07, 6.45) is 7.34. The highest BCUT2D eigenvalue weighted by Crippen LogP contribution is 2.47. The average Bonchev–Trinajstić information content (AvgIpc) is 2.93. The lowest BCUT2D eigenvalue weighted by molar-refractivity contribution is 0.0912. The molecule has 2 heteroatoms. The SMILES string of the molecule is CC1(C(=O)c2ccc(OC3CCCC3)cc2)CC1. The highest BCUT2D eigenvalue weighted by molar-refractivity contribution is 6.02. The van der Waals surface area contributed by atoms with E-state index in [2.05, 4.69) is 6.92 Å². The van der Waals surface area contributed by atoms with Crippen LogP contribution in [0.4, 0.5) is 0 Å². The number of Topliss-reactive ketones (excluding diaryl/α,β-unsaturated/α-hetero) is 1. The molecule has 0 spiro atoms. The van der Waals surface area contributed by atoms with Crippen LogP contribution in [-0.2, 0) is 0 Å². The molecule has 0 unspecified atom stereocenters. The molecule has 3 rings (SSSR count). The van der Waals surface area contributed by atoms with Crippen molar-refractivity contribution >= 4 is 5.78 Å². The van der Waals surface area contributed by atoms with Gasteiger partial charge in [-0.25, -0.2) is 0 Å². The van der Waals surface area contributed by atoms with Crippen molar-refractivity contribution < 1.29 is 9.53 Å². The Morgan fingerprint density at radius 1 is 1.17 bits per heavy atom. The molecule has 0 radical (unpaired) electrons. The summed E-state index contributed by atoms with van der Waals surface area (Å²) < 4.78 is 5.90. The normalized spacial score (nSPS) is 21.8. The van der Waals surface area contributed by atoms with Crippen molar-refractivity contribution in [3.05, 3.63) is 29.8 Å². The molecule has 2 nitrogen and oxygen atoms in total. The molecule has 0 aliphatic heterocycles. The molecule has 0 amide bonds. The second-order valence-corrected chi connectivity index (χ2v) is 5.94. The van der Waals surface area contributed by atoms with Gasteiger partial charge >= 0.3 is 0 Å². The van der Waals surface area contributed by atoms with Gasteiger partial charge in [0.05, 0.1) is 6.10 Å². The molecular weight excluding hydrogens is 224 g/mol. The Morgan fingerprint density at radius 2 is 1.78 bits per heavy atom. The molecule has 0 N–H and O–H groups in total. The minimum absolute atomic E-state index is 0.0756. The zero-order valence-electron chi connectivity index (χ0n) is 10.9. The highest BCUT2D eigenvalue weighted by Gasteiger charge is 2.44. The number of benzene rings is 1. The largest absolute Gasteiger partial charge is 0.490 e. The van der Waals surface area contributed by atoms with Crippen molar-refractivity contribution in [1.29, 1.82) is 0 Å². The fraction of sp³-hybridized carbons (Fsp3) is 0.562. The lowest BCUT2D eigenvalue weighted by Gasteiger charge is -2.13. The molecule has 0 aromatic heterocycles. The molecule has 2 saturated carbocycles. The van der Waals surface area contributed by atoms with Crippen molar-refractivity contribution in [2.24, 2.45) is 5.41 Å². The lowest BCUT2D eigenvalue weighted by atomic mass is 9.97. The second kappa shape index (κ2) is 4.42. The van der Waals surface area contributed by atoms with E-state index >= 15 is 0 Å². The molecule has 1 aromatic carbocycles. The van der Waals surface area contributed by atoms with Gasteiger partial charge in [0.25, 0.3) is 0 Å². The van der Waals surface area contributed by atoms with Crippen LogP contribution in [0.5, 0.6) is 5.75 Å². The Bertz CT molecular complexity index is 437. The highest BCUT2D eigenvalue weighted by atomic mass is 16.5. The first-order valence-corrected chi connectivity index (χ1v) is 6.99. The molecular formula is C16H20O2. The lowest BCUT2D eigenvalue weighted by Crippen LogP contribution is -2.13. The van der Waals surface area contributed by atoms with Gasteiger partial charge in [-0.1, -0.05) is 6.92 Å². The standard InChI is InChI=1S/C16H20O2/c1-16(10-11-16)15(17)12-6-8-14(9-7-12)18-13-4-2-3-5-13/h6-9,13H,2-5,10-11H2,1H3. The van der Waals surface area contributed by atoms with Crippen molar-refractivity contribution in [3.8, 4) is 5.75 Å². The first-order chi connectivity index (χ1) is 8.67. The number of hydrogen-bond donors (Lipinski definition) is 0. The summed E-state index contributed by atoms with van der Waals surface area (Å²) in [7, 11) is 0. The van der Waals surface area contributed by atoms with Crippen molar-refractivity contribution in [2.45, 2.75) is 51.6 Å². The summed E-state index contributed by atoms with van der Waals surface area (Å²) in [5.74, 6) is 1.19. The summed E-state index contributed by atoms with van der Waals surface area (Å²) in [5.41, 5.74) is 0.752. The third kappa shape index (κ3) is 2.29. The third-order valence-corrected chi connectivity index (χ3v) is 4.27. The maximum absolute atomic E-state index is 12.1. The van der Waals surface area contributed by atoms with E-state index in [1.54, 1.807) is 0 Å². The van der Waals surface area contributed by atoms with Gasteiger partial charge in [0.15, 0.2) is 5.78 Å². The molecule has 18 heavy (non-hydrogen) atoms. The molecule has 96 valence electrons. The van der Waals surface area contributed by atoms with E-state index < -0.39 is 0 Å². The summed E-state index contributed by atoms with van der Waals surface area (Å²) in [5, 5.41) is 0. The second-order valence-electron chi connectivity index (χ2n) is 5.94. The number of hydrogen-bond acceptors (Lipinski definition) is 2. The van der Waals surface area contributed by atoms with Crippen molar-refractivity contribution in [1.82, 2.24) is 0 Å². The average molecular weight is 244 g/mol. The maximum atomic E-state index is 12.1. The number of ether oxygens (including phenoxy) is 1. The van der Waals surface area contributed by atoms with Crippen molar-refractivity contribution in [3.63, 3.8) is 0 Å². The predicted octanol–water partition coefficient (Wildman–Crippen LogP) is 3.99. The Hall–Kier alpha value is -1.31. The van der Waals surface area contributed by atoms with E-state index in [1.165, 1.54) is 25.7 Å². The van der Waals surface area contributed by atoms with E-state index in [0.29, 0.717) is 6.10 Å². The van der Waals surface area contributed by atoms with E-state index in [9.17, 15) is 4.79 Å². The van der Waals surface area contributed by atoms with Crippen LogP contribution in [0, 0.1) is 5.41 Å². The summed E-state index contributed by atoms with van der Waals surface area (Å²) in [6.45, 7) is 2.05. The summed E-state index contributed by atoms with van der Waals surface area (Å²) in [4.78, 5) is 12.1. The predicted molar refractivity (Wildman–Crippen MR) is 71.0 cm³/mol. The van der Waals surface area contributed by atoms with Crippen LogP contribution >= 0.6 is 0 Å². The molecule has 0 bridgehead atoms. The van der Waals surface area contributed by atoms with Crippen LogP contribution in [0.1, 0.15) is 55.8 Å². The van der Waals surface area contributed by atoms with Crippen LogP contribution < -0.4 is 4.74 Å². The van der Waals surface area contributed by atoms with E-state index in [4.69, 9.17) is 4.74 Å². The van der Waals surface area contributed by atoms with Crippen LogP contribution in [0.15, 0.2) is 24.3 Å². The third-order valence-electron chi connectivity index (χ3n) is 4.27. The summed E-state index contributed by atoms with van der Waals surface area (Å²) in [6, 6.07) is 7.71. The van der Waals surface area contributed by atoms with E-state index in [-0.39, 0.29) is 11.2 Å². The van der Waals surface area contributed by atoms with E-state index in [0.717, 1.165) is 24.2 Å². The Labute approximate surface area is 108 Å². The summed E-state index contributed by atoms with van der Waals surface area (Å²) >= 11 is 0. The Balaban J connectivity index is 1.67. The van der Waals surface area contributed by atoms with Crippen LogP contribution in [0.3, 0.4) is 0 Å². The zero-order valence-corrected chi connectivity index (χ0v) is 10.9. The van der Waals surface area contributed by atoms with Gasteiger partial charge in [-0.3, -0.25) is 4.79 Å². The van der Waals surface area contributed by atoms with Gasteiger partial charge in [0, 0.05) is 11.0 Å². The molecule has 0 atom stereocenters. The fourth-order valence-electron chi connectivity index (χ4n) is 2.65. The van der Waals surface area contributed by atoms with Gasteiger partial charge < -0.3 is 4.74 Å². The molecule has 2 aliphatic rings. The molecule has 0 saturated heterocycles. The topological polar surface area (TPSA) is 26.3 Å². The molecule has 2 aliphatic carbocycles. The smallest absolute Gasteiger partial charge is 0.168 e. The Kier molecular flexibility index (Phi) is 2.89. The van der Waals surface area contributed by atoms with Crippen LogP contribution in [-0.4, -0.2) is 11.9 Å².